The van der Waals surface area contributed by atoms with Gasteiger partial charge in [-0.1, -0.05) is 95.3 Å². The van der Waals surface area contributed by atoms with Crippen molar-refractivity contribution in [2.24, 2.45) is 11.8 Å². The van der Waals surface area contributed by atoms with E-state index in [1.807, 2.05) is 0 Å². The first-order valence-corrected chi connectivity index (χ1v) is 11.6. The van der Waals surface area contributed by atoms with Crippen LogP contribution in [-0.4, -0.2) is 26.6 Å². The molecule has 0 aromatic heterocycles. The molecule has 0 aliphatic rings. The number of rotatable bonds is 8. The topological polar surface area (TPSA) is 29.5 Å². The summed E-state index contributed by atoms with van der Waals surface area (Å²) in [5, 5.41) is 12.1. The van der Waals surface area contributed by atoms with Crippen LogP contribution in [-0.2, 0) is 4.43 Å². The van der Waals surface area contributed by atoms with Gasteiger partial charge < -0.3 is 9.53 Å². The summed E-state index contributed by atoms with van der Waals surface area (Å²) in [7, 11) is -2.42. The first-order valence-electron chi connectivity index (χ1n) is 9.68. The van der Waals surface area contributed by atoms with Gasteiger partial charge in [0.05, 0.1) is 0 Å². The summed E-state index contributed by atoms with van der Waals surface area (Å²) in [5.74, 6) is 0.746. The van der Waals surface area contributed by atoms with E-state index in [1.54, 1.807) is 0 Å². The second-order valence-corrected chi connectivity index (χ2v) is 12.7. The zero-order valence-electron chi connectivity index (χ0n) is 16.9. The fourth-order valence-corrected chi connectivity index (χ4v) is 8.20. The fourth-order valence-electron chi connectivity index (χ4n) is 3.62. The Labute approximate surface area is 160 Å². The first kappa shape index (κ1) is 20.9. The molecule has 0 saturated heterocycles. The average molecular weight is 371 g/mol. The maximum absolute atomic E-state index is 9.42. The first-order chi connectivity index (χ1) is 12.3. The Morgan fingerprint density at radius 1 is 0.846 bits per heavy atom. The van der Waals surface area contributed by atoms with Crippen LogP contribution < -0.4 is 10.4 Å². The van der Waals surface area contributed by atoms with Crippen LogP contribution in [0.3, 0.4) is 0 Å². The van der Waals surface area contributed by atoms with E-state index in [0.717, 1.165) is 13.0 Å². The van der Waals surface area contributed by atoms with Crippen molar-refractivity contribution in [3.8, 4) is 0 Å². The summed E-state index contributed by atoms with van der Waals surface area (Å²) < 4.78 is 6.89. The van der Waals surface area contributed by atoms with Gasteiger partial charge in [0, 0.05) is 13.2 Å². The predicted octanol–water partition coefficient (Wildman–Crippen LogP) is 4.22. The quantitative estimate of drug-likeness (QED) is 0.705. The maximum atomic E-state index is 9.42. The molecule has 0 unspecified atom stereocenters. The fraction of sp³-hybridized carbons (Fsp3) is 0.478. The molecule has 0 aliphatic carbocycles. The summed E-state index contributed by atoms with van der Waals surface area (Å²) in [6.45, 7) is 12.2. The summed E-state index contributed by atoms with van der Waals surface area (Å²) in [5.41, 5.74) is 0. The van der Waals surface area contributed by atoms with E-state index in [1.165, 1.54) is 10.4 Å². The van der Waals surface area contributed by atoms with Gasteiger partial charge in [-0.05, 0) is 33.7 Å². The standard InChI is InChI=1S/C23H34O2Si/c1-19(20(2)18-24)16-17-25-26(23(3,4)5,21-12-8-6-9-13-21)22-14-10-7-11-15-22/h6-15,19-20,24H,16-18H2,1-5H3/t19-,20-/m1/s1. The van der Waals surface area contributed by atoms with Gasteiger partial charge in [0.15, 0.2) is 0 Å². The third kappa shape index (κ3) is 4.45. The van der Waals surface area contributed by atoms with E-state index in [4.69, 9.17) is 4.43 Å². The Kier molecular flexibility index (Phi) is 7.21. The molecular formula is C23H34O2Si. The minimum atomic E-state index is -2.42. The zero-order valence-corrected chi connectivity index (χ0v) is 17.9. The van der Waals surface area contributed by atoms with E-state index in [9.17, 15) is 5.11 Å². The summed E-state index contributed by atoms with van der Waals surface area (Å²) in [6, 6.07) is 21.5. The molecular weight excluding hydrogens is 336 g/mol. The summed E-state index contributed by atoms with van der Waals surface area (Å²) >= 11 is 0. The monoisotopic (exact) mass is 370 g/mol. The van der Waals surface area contributed by atoms with Crippen molar-refractivity contribution in [1.82, 2.24) is 0 Å². The molecule has 0 aliphatic heterocycles. The second kappa shape index (κ2) is 8.98. The highest BCUT2D eigenvalue weighted by Gasteiger charge is 2.50. The van der Waals surface area contributed by atoms with Crippen LogP contribution in [0.4, 0.5) is 0 Å². The van der Waals surface area contributed by atoms with E-state index < -0.39 is 8.32 Å². The highest BCUT2D eigenvalue weighted by molar-refractivity contribution is 6.99. The zero-order chi connectivity index (χ0) is 19.2. The van der Waals surface area contributed by atoms with Gasteiger partial charge in [-0.25, -0.2) is 0 Å². The number of aliphatic hydroxyl groups is 1. The number of hydrogen-bond donors (Lipinski definition) is 1. The van der Waals surface area contributed by atoms with Gasteiger partial charge in [-0.2, -0.15) is 0 Å². The predicted molar refractivity (Wildman–Crippen MR) is 114 cm³/mol. The van der Waals surface area contributed by atoms with Crippen LogP contribution in [0.2, 0.25) is 5.04 Å². The van der Waals surface area contributed by atoms with Crippen molar-refractivity contribution in [3.63, 3.8) is 0 Å². The lowest BCUT2D eigenvalue weighted by Gasteiger charge is -2.43. The van der Waals surface area contributed by atoms with Crippen molar-refractivity contribution in [2.75, 3.05) is 13.2 Å². The van der Waals surface area contributed by atoms with Crippen LogP contribution in [0.15, 0.2) is 60.7 Å². The molecule has 0 amide bonds. The molecule has 2 aromatic rings. The molecule has 0 heterocycles. The van der Waals surface area contributed by atoms with E-state index in [0.29, 0.717) is 11.8 Å². The van der Waals surface area contributed by atoms with Gasteiger partial charge >= 0.3 is 0 Å². The Morgan fingerprint density at radius 3 is 1.69 bits per heavy atom. The molecule has 0 saturated carbocycles. The highest BCUT2D eigenvalue weighted by atomic mass is 28.4. The Morgan fingerprint density at radius 2 is 1.31 bits per heavy atom. The van der Waals surface area contributed by atoms with Crippen LogP contribution >= 0.6 is 0 Å². The third-order valence-electron chi connectivity index (χ3n) is 5.57. The second-order valence-electron chi connectivity index (χ2n) is 8.44. The van der Waals surface area contributed by atoms with Crippen molar-refractivity contribution < 1.29 is 9.53 Å². The Bertz CT molecular complexity index is 609. The molecule has 2 rings (SSSR count). The van der Waals surface area contributed by atoms with Crippen LogP contribution in [0, 0.1) is 11.8 Å². The lowest BCUT2D eigenvalue weighted by Crippen LogP contribution is -2.66. The number of benzene rings is 2. The van der Waals surface area contributed by atoms with Crippen molar-refractivity contribution in [2.45, 2.75) is 46.1 Å². The minimum absolute atomic E-state index is 0.0154. The van der Waals surface area contributed by atoms with Crippen LogP contribution in [0.25, 0.3) is 0 Å². The maximum Gasteiger partial charge on any atom is 0.261 e. The number of hydrogen-bond acceptors (Lipinski definition) is 2. The molecule has 0 fully saturated rings. The third-order valence-corrected chi connectivity index (χ3v) is 10.6. The molecule has 2 atom stereocenters. The lowest BCUT2D eigenvalue weighted by molar-refractivity contribution is 0.171. The SMILES string of the molecule is C[C@H](CO)[C@H](C)CCO[Si](c1ccccc1)(c1ccccc1)C(C)(C)C. The van der Waals surface area contributed by atoms with Crippen LogP contribution in [0.1, 0.15) is 41.0 Å². The molecule has 2 nitrogen and oxygen atoms in total. The van der Waals surface area contributed by atoms with Gasteiger partial charge in [0.25, 0.3) is 8.32 Å². The molecule has 1 N–H and O–H groups in total. The molecule has 142 valence electrons. The van der Waals surface area contributed by atoms with E-state index in [2.05, 4.69) is 95.3 Å². The number of aliphatic hydroxyl groups excluding tert-OH is 1. The smallest absolute Gasteiger partial charge is 0.261 e. The molecule has 0 spiro atoms. The van der Waals surface area contributed by atoms with Crippen molar-refractivity contribution in [1.29, 1.82) is 0 Å². The van der Waals surface area contributed by atoms with Crippen molar-refractivity contribution >= 4 is 18.7 Å². The molecule has 0 bridgehead atoms. The largest absolute Gasteiger partial charge is 0.407 e. The van der Waals surface area contributed by atoms with Crippen LogP contribution in [0.5, 0.6) is 0 Å². The van der Waals surface area contributed by atoms with E-state index >= 15 is 0 Å². The Hall–Kier alpha value is -1.42. The van der Waals surface area contributed by atoms with Gasteiger partial charge in [0.2, 0.25) is 0 Å². The normalized spacial score (nSPS) is 14.8. The Balaban J connectivity index is 2.41. The van der Waals surface area contributed by atoms with Gasteiger partial charge in [-0.3, -0.25) is 0 Å². The molecule has 26 heavy (non-hydrogen) atoms. The van der Waals surface area contributed by atoms with E-state index in [-0.39, 0.29) is 11.6 Å². The highest BCUT2D eigenvalue weighted by Crippen LogP contribution is 2.37. The molecule has 3 heteroatoms. The minimum Gasteiger partial charge on any atom is -0.407 e. The lowest BCUT2D eigenvalue weighted by atomic mass is 9.94. The average Bonchev–Trinajstić information content (AvgIpc) is 2.64. The summed E-state index contributed by atoms with van der Waals surface area (Å²) in [4.78, 5) is 0. The van der Waals surface area contributed by atoms with Gasteiger partial charge in [0.1, 0.15) is 0 Å². The molecule has 2 aromatic carbocycles. The summed E-state index contributed by atoms with van der Waals surface area (Å²) in [6.07, 6.45) is 0.965. The molecule has 0 radical (unpaired) electrons. The van der Waals surface area contributed by atoms with Gasteiger partial charge in [-0.15, -0.1) is 0 Å². The van der Waals surface area contributed by atoms with Crippen molar-refractivity contribution in [3.05, 3.63) is 60.7 Å².